The SMILES string of the molecule is Cc1cccc(COc2c(-c3ccco3)oc3cc(C)ccc3c2=O)c1. The molecule has 0 spiro atoms. The first-order valence-electron chi connectivity index (χ1n) is 8.41. The van der Waals surface area contributed by atoms with E-state index >= 15 is 0 Å². The van der Waals surface area contributed by atoms with Crippen LogP contribution in [0.25, 0.3) is 22.5 Å². The molecule has 0 saturated carbocycles. The third kappa shape index (κ3) is 3.02. The van der Waals surface area contributed by atoms with Gasteiger partial charge in [0.25, 0.3) is 0 Å². The van der Waals surface area contributed by atoms with Gasteiger partial charge in [0.15, 0.2) is 5.76 Å². The number of benzene rings is 2. The fraction of sp³-hybridized carbons (Fsp3) is 0.136. The van der Waals surface area contributed by atoms with Crippen LogP contribution in [0.5, 0.6) is 5.75 Å². The number of fused-ring (bicyclic) bond motifs is 1. The van der Waals surface area contributed by atoms with Gasteiger partial charge < -0.3 is 13.6 Å². The summed E-state index contributed by atoms with van der Waals surface area (Å²) in [5.74, 6) is 0.938. The summed E-state index contributed by atoms with van der Waals surface area (Å²) in [4.78, 5) is 13.0. The predicted octanol–water partition coefficient (Wildman–Crippen LogP) is 5.25. The molecule has 0 N–H and O–H groups in total. The lowest BCUT2D eigenvalue weighted by Gasteiger charge is -2.11. The summed E-state index contributed by atoms with van der Waals surface area (Å²) in [5, 5.41) is 0.491. The Morgan fingerprint density at radius 1 is 0.962 bits per heavy atom. The second kappa shape index (κ2) is 6.56. The van der Waals surface area contributed by atoms with Gasteiger partial charge in [-0.15, -0.1) is 0 Å². The number of ether oxygens (including phenoxy) is 1. The summed E-state index contributed by atoms with van der Waals surface area (Å²) in [7, 11) is 0. The second-order valence-electron chi connectivity index (χ2n) is 6.34. The Kier molecular flexibility index (Phi) is 4.09. The maximum absolute atomic E-state index is 13.0. The van der Waals surface area contributed by atoms with Crippen molar-refractivity contribution in [2.75, 3.05) is 0 Å². The van der Waals surface area contributed by atoms with Gasteiger partial charge in [-0.3, -0.25) is 4.79 Å². The van der Waals surface area contributed by atoms with Gasteiger partial charge in [0.05, 0.1) is 11.6 Å². The lowest BCUT2D eigenvalue weighted by atomic mass is 10.1. The molecule has 0 aliphatic rings. The second-order valence-corrected chi connectivity index (χ2v) is 6.34. The average molecular weight is 346 g/mol. The lowest BCUT2D eigenvalue weighted by molar-refractivity contribution is 0.296. The van der Waals surface area contributed by atoms with Gasteiger partial charge in [0.1, 0.15) is 12.2 Å². The summed E-state index contributed by atoms with van der Waals surface area (Å²) in [6.07, 6.45) is 1.54. The van der Waals surface area contributed by atoms with E-state index in [2.05, 4.69) is 0 Å². The van der Waals surface area contributed by atoms with Crippen molar-refractivity contribution in [1.82, 2.24) is 0 Å². The highest BCUT2D eigenvalue weighted by atomic mass is 16.5. The molecule has 4 nitrogen and oxygen atoms in total. The van der Waals surface area contributed by atoms with Crippen LogP contribution in [-0.2, 0) is 6.61 Å². The minimum atomic E-state index is -0.203. The summed E-state index contributed by atoms with van der Waals surface area (Å²) in [6.45, 7) is 4.25. The van der Waals surface area contributed by atoms with E-state index < -0.39 is 0 Å². The smallest absolute Gasteiger partial charge is 0.235 e. The van der Waals surface area contributed by atoms with E-state index in [0.29, 0.717) is 22.5 Å². The topological polar surface area (TPSA) is 52.6 Å². The first kappa shape index (κ1) is 16.2. The van der Waals surface area contributed by atoms with E-state index in [4.69, 9.17) is 13.6 Å². The van der Waals surface area contributed by atoms with Crippen molar-refractivity contribution in [3.8, 4) is 17.3 Å². The van der Waals surface area contributed by atoms with E-state index in [0.717, 1.165) is 16.7 Å². The predicted molar refractivity (Wildman–Crippen MR) is 100 cm³/mol. The molecule has 130 valence electrons. The van der Waals surface area contributed by atoms with E-state index in [1.807, 2.05) is 50.2 Å². The monoisotopic (exact) mass is 346 g/mol. The molecule has 0 amide bonds. The van der Waals surface area contributed by atoms with Gasteiger partial charge >= 0.3 is 0 Å². The van der Waals surface area contributed by atoms with E-state index in [-0.39, 0.29) is 17.8 Å². The molecule has 0 fully saturated rings. The molecule has 0 radical (unpaired) electrons. The van der Waals surface area contributed by atoms with Crippen LogP contribution < -0.4 is 10.2 Å². The molecule has 0 unspecified atom stereocenters. The Hall–Kier alpha value is -3.27. The Balaban J connectivity index is 1.83. The molecule has 0 aliphatic heterocycles. The number of furan rings is 1. The molecule has 0 atom stereocenters. The van der Waals surface area contributed by atoms with Gasteiger partial charge in [-0.05, 0) is 49.2 Å². The van der Waals surface area contributed by atoms with Crippen molar-refractivity contribution in [2.24, 2.45) is 0 Å². The minimum absolute atomic E-state index is 0.165. The fourth-order valence-corrected chi connectivity index (χ4v) is 2.94. The molecule has 4 aromatic rings. The molecule has 2 aromatic heterocycles. The quantitative estimate of drug-likeness (QED) is 0.506. The molecular weight excluding hydrogens is 328 g/mol. The van der Waals surface area contributed by atoms with E-state index in [9.17, 15) is 4.79 Å². The largest absolute Gasteiger partial charge is 0.481 e. The highest BCUT2D eigenvalue weighted by Crippen LogP contribution is 2.32. The highest BCUT2D eigenvalue weighted by molar-refractivity contribution is 5.81. The summed E-state index contributed by atoms with van der Waals surface area (Å²) >= 11 is 0. The molecule has 26 heavy (non-hydrogen) atoms. The fourth-order valence-electron chi connectivity index (χ4n) is 2.94. The van der Waals surface area contributed by atoms with Crippen LogP contribution in [-0.4, -0.2) is 0 Å². The van der Waals surface area contributed by atoms with E-state index in [1.54, 1.807) is 24.5 Å². The van der Waals surface area contributed by atoms with Crippen LogP contribution >= 0.6 is 0 Å². The number of hydrogen-bond donors (Lipinski definition) is 0. The first-order chi connectivity index (χ1) is 12.6. The number of aryl methyl sites for hydroxylation is 2. The summed E-state index contributed by atoms with van der Waals surface area (Å²) < 4.78 is 17.4. The van der Waals surface area contributed by atoms with Crippen LogP contribution in [0.3, 0.4) is 0 Å². The van der Waals surface area contributed by atoms with Gasteiger partial charge in [0, 0.05) is 0 Å². The first-order valence-corrected chi connectivity index (χ1v) is 8.41. The summed E-state index contributed by atoms with van der Waals surface area (Å²) in [5.41, 5.74) is 3.45. The lowest BCUT2D eigenvalue weighted by Crippen LogP contribution is -2.10. The average Bonchev–Trinajstić information content (AvgIpc) is 3.15. The van der Waals surface area contributed by atoms with Crippen LogP contribution in [0.1, 0.15) is 16.7 Å². The standard InChI is InChI=1S/C22H18O4/c1-14-5-3-6-16(11-14)13-25-22-20(23)17-9-8-15(2)12-19(17)26-21(22)18-7-4-10-24-18/h3-12H,13H2,1-2H3. The van der Waals surface area contributed by atoms with E-state index in [1.165, 1.54) is 0 Å². The normalized spacial score (nSPS) is 11.0. The zero-order valence-corrected chi connectivity index (χ0v) is 14.6. The molecule has 0 aliphatic carbocycles. The highest BCUT2D eigenvalue weighted by Gasteiger charge is 2.19. The van der Waals surface area contributed by atoms with Gasteiger partial charge in [0.2, 0.25) is 16.9 Å². The Morgan fingerprint density at radius 2 is 1.81 bits per heavy atom. The molecule has 4 heteroatoms. The van der Waals surface area contributed by atoms with Crippen LogP contribution in [0, 0.1) is 13.8 Å². The minimum Gasteiger partial charge on any atom is -0.481 e. The van der Waals surface area contributed by atoms with Gasteiger partial charge in [-0.25, -0.2) is 0 Å². The zero-order chi connectivity index (χ0) is 18.1. The molecule has 2 aromatic carbocycles. The Morgan fingerprint density at radius 3 is 2.58 bits per heavy atom. The number of hydrogen-bond acceptors (Lipinski definition) is 4. The van der Waals surface area contributed by atoms with Crippen LogP contribution in [0.15, 0.2) is 74.5 Å². The van der Waals surface area contributed by atoms with Crippen molar-refractivity contribution >= 4 is 11.0 Å². The number of rotatable bonds is 4. The van der Waals surface area contributed by atoms with Crippen molar-refractivity contribution in [2.45, 2.75) is 20.5 Å². The van der Waals surface area contributed by atoms with Gasteiger partial charge in [-0.2, -0.15) is 0 Å². The maximum Gasteiger partial charge on any atom is 0.235 e. The molecule has 0 saturated heterocycles. The maximum atomic E-state index is 13.0. The van der Waals surface area contributed by atoms with Crippen LogP contribution in [0.4, 0.5) is 0 Å². The Bertz CT molecular complexity index is 1120. The Labute approximate surface area is 150 Å². The van der Waals surface area contributed by atoms with Crippen molar-refractivity contribution in [1.29, 1.82) is 0 Å². The molecule has 2 heterocycles. The van der Waals surface area contributed by atoms with Crippen molar-refractivity contribution in [3.63, 3.8) is 0 Å². The van der Waals surface area contributed by atoms with Crippen molar-refractivity contribution < 1.29 is 13.6 Å². The summed E-state index contributed by atoms with van der Waals surface area (Å²) in [6, 6.07) is 17.0. The zero-order valence-electron chi connectivity index (χ0n) is 14.6. The van der Waals surface area contributed by atoms with Gasteiger partial charge in [-0.1, -0.05) is 35.9 Å². The molecular formula is C22H18O4. The third-order valence-electron chi connectivity index (χ3n) is 4.22. The van der Waals surface area contributed by atoms with Crippen LogP contribution in [0.2, 0.25) is 0 Å². The van der Waals surface area contributed by atoms with Crippen molar-refractivity contribution in [3.05, 3.63) is 87.8 Å². The third-order valence-corrected chi connectivity index (χ3v) is 4.22. The molecule has 4 rings (SSSR count). The molecule has 0 bridgehead atoms.